The van der Waals surface area contributed by atoms with E-state index in [0.29, 0.717) is 29.4 Å². The third-order valence-corrected chi connectivity index (χ3v) is 2.99. The summed E-state index contributed by atoms with van der Waals surface area (Å²) in [5, 5.41) is 3.29. The maximum absolute atomic E-state index is 5.97. The molecule has 6 heteroatoms. The van der Waals surface area contributed by atoms with Gasteiger partial charge in [-0.3, -0.25) is 0 Å². The topological polar surface area (TPSA) is 56.3 Å². The summed E-state index contributed by atoms with van der Waals surface area (Å²) in [6.07, 6.45) is 3.60. The summed E-state index contributed by atoms with van der Waals surface area (Å²) in [4.78, 5) is 8.17. The van der Waals surface area contributed by atoms with E-state index in [9.17, 15) is 0 Å². The Balaban J connectivity index is 1.92. The molecule has 1 N–H and O–H groups in total. The Bertz CT molecular complexity index is 370. The lowest BCUT2D eigenvalue weighted by molar-refractivity contribution is 0.0490. The molecule has 2 rings (SSSR count). The van der Waals surface area contributed by atoms with E-state index in [1.165, 1.54) is 0 Å². The van der Waals surface area contributed by atoms with Crippen molar-refractivity contribution in [2.75, 3.05) is 32.2 Å². The second-order valence-corrected chi connectivity index (χ2v) is 4.37. The van der Waals surface area contributed by atoms with Gasteiger partial charge in [0.2, 0.25) is 11.8 Å². The van der Waals surface area contributed by atoms with Gasteiger partial charge in [0.15, 0.2) is 0 Å². The number of aromatic nitrogens is 2. The van der Waals surface area contributed by atoms with Crippen molar-refractivity contribution in [3.63, 3.8) is 0 Å². The van der Waals surface area contributed by atoms with Crippen LogP contribution < -0.4 is 10.1 Å². The van der Waals surface area contributed by atoms with Gasteiger partial charge in [-0.15, -0.1) is 0 Å². The van der Waals surface area contributed by atoms with Crippen LogP contribution in [0.1, 0.15) is 12.8 Å². The zero-order chi connectivity index (χ0) is 12.1. The molecule has 1 aliphatic rings. The standard InChI is InChI=1S/C11H16ClN3O2/c1-13-11-14-6-9(12)10(15-11)17-7-8-2-4-16-5-3-8/h6,8H,2-5,7H2,1H3,(H,13,14,15). The summed E-state index contributed by atoms with van der Waals surface area (Å²) < 4.78 is 10.9. The molecular weight excluding hydrogens is 242 g/mol. The minimum Gasteiger partial charge on any atom is -0.476 e. The van der Waals surface area contributed by atoms with Crippen LogP contribution in [0, 0.1) is 5.92 Å². The van der Waals surface area contributed by atoms with E-state index in [1.807, 2.05) is 0 Å². The second-order valence-electron chi connectivity index (χ2n) is 3.96. The smallest absolute Gasteiger partial charge is 0.237 e. The van der Waals surface area contributed by atoms with Gasteiger partial charge >= 0.3 is 0 Å². The summed E-state index contributed by atoms with van der Waals surface area (Å²) in [5.41, 5.74) is 0. The first-order chi connectivity index (χ1) is 8.29. The number of halogens is 1. The fourth-order valence-corrected chi connectivity index (χ4v) is 1.83. The molecule has 5 nitrogen and oxygen atoms in total. The number of hydrogen-bond donors (Lipinski definition) is 1. The van der Waals surface area contributed by atoms with Gasteiger partial charge in [0.1, 0.15) is 5.02 Å². The van der Waals surface area contributed by atoms with Crippen molar-refractivity contribution in [1.82, 2.24) is 9.97 Å². The van der Waals surface area contributed by atoms with Gasteiger partial charge in [-0.1, -0.05) is 11.6 Å². The summed E-state index contributed by atoms with van der Waals surface area (Å²) in [6.45, 7) is 2.25. The first-order valence-electron chi connectivity index (χ1n) is 5.70. The van der Waals surface area contributed by atoms with Crippen molar-refractivity contribution < 1.29 is 9.47 Å². The Labute approximate surface area is 105 Å². The molecule has 1 fully saturated rings. The number of nitrogens with one attached hydrogen (secondary N) is 1. The first-order valence-corrected chi connectivity index (χ1v) is 6.08. The molecule has 1 aromatic rings. The molecule has 0 unspecified atom stereocenters. The van der Waals surface area contributed by atoms with E-state index in [1.54, 1.807) is 13.2 Å². The number of anilines is 1. The molecule has 0 aliphatic carbocycles. The molecule has 94 valence electrons. The quantitative estimate of drug-likeness (QED) is 0.894. The Morgan fingerprint density at radius 1 is 1.53 bits per heavy atom. The molecule has 0 bridgehead atoms. The largest absolute Gasteiger partial charge is 0.476 e. The SMILES string of the molecule is CNc1ncc(Cl)c(OCC2CCOCC2)n1. The zero-order valence-corrected chi connectivity index (χ0v) is 10.5. The van der Waals surface area contributed by atoms with Crippen molar-refractivity contribution in [1.29, 1.82) is 0 Å². The van der Waals surface area contributed by atoms with Gasteiger partial charge in [-0.05, 0) is 18.8 Å². The van der Waals surface area contributed by atoms with E-state index < -0.39 is 0 Å². The van der Waals surface area contributed by atoms with Crippen molar-refractivity contribution in [2.24, 2.45) is 5.92 Å². The Hall–Kier alpha value is -1.07. The molecular formula is C11H16ClN3O2. The molecule has 1 aromatic heterocycles. The van der Waals surface area contributed by atoms with Crippen LogP contribution in [-0.2, 0) is 4.74 Å². The van der Waals surface area contributed by atoms with Crippen LogP contribution in [0.25, 0.3) is 0 Å². The Morgan fingerprint density at radius 3 is 3.00 bits per heavy atom. The van der Waals surface area contributed by atoms with Crippen molar-refractivity contribution in [3.8, 4) is 5.88 Å². The van der Waals surface area contributed by atoms with Gasteiger partial charge in [-0.25, -0.2) is 4.98 Å². The molecule has 1 aliphatic heterocycles. The third-order valence-electron chi connectivity index (χ3n) is 2.73. The summed E-state index contributed by atoms with van der Waals surface area (Å²) in [5.74, 6) is 1.47. The summed E-state index contributed by atoms with van der Waals surface area (Å²) in [6, 6.07) is 0. The number of hydrogen-bond acceptors (Lipinski definition) is 5. The Morgan fingerprint density at radius 2 is 2.29 bits per heavy atom. The highest BCUT2D eigenvalue weighted by atomic mass is 35.5. The number of ether oxygens (including phenoxy) is 2. The molecule has 0 saturated carbocycles. The average Bonchev–Trinajstić information content (AvgIpc) is 2.39. The maximum atomic E-state index is 5.97. The van der Waals surface area contributed by atoms with Gasteiger partial charge in [0.05, 0.1) is 12.8 Å². The van der Waals surface area contributed by atoms with Gasteiger partial charge in [0, 0.05) is 20.3 Å². The highest BCUT2D eigenvalue weighted by Gasteiger charge is 2.15. The second kappa shape index (κ2) is 6.02. The van der Waals surface area contributed by atoms with Crippen LogP contribution in [0.15, 0.2) is 6.20 Å². The van der Waals surface area contributed by atoms with E-state index in [0.717, 1.165) is 26.1 Å². The lowest BCUT2D eigenvalue weighted by Crippen LogP contribution is -2.21. The van der Waals surface area contributed by atoms with Crippen LogP contribution >= 0.6 is 11.6 Å². The van der Waals surface area contributed by atoms with Gasteiger partial charge < -0.3 is 14.8 Å². The van der Waals surface area contributed by atoms with E-state index in [4.69, 9.17) is 21.1 Å². The lowest BCUT2D eigenvalue weighted by Gasteiger charge is -2.21. The predicted molar refractivity (Wildman–Crippen MR) is 65.6 cm³/mol. The fourth-order valence-electron chi connectivity index (χ4n) is 1.68. The molecule has 17 heavy (non-hydrogen) atoms. The first kappa shape index (κ1) is 12.4. The third kappa shape index (κ3) is 3.44. The average molecular weight is 258 g/mol. The van der Waals surface area contributed by atoms with Crippen molar-refractivity contribution in [3.05, 3.63) is 11.2 Å². The molecule has 0 spiro atoms. The molecule has 2 heterocycles. The minimum atomic E-state index is 0.441. The van der Waals surface area contributed by atoms with Crippen molar-refractivity contribution in [2.45, 2.75) is 12.8 Å². The lowest BCUT2D eigenvalue weighted by atomic mass is 10.0. The van der Waals surface area contributed by atoms with Crippen molar-refractivity contribution >= 4 is 17.5 Å². The summed E-state index contributed by atoms with van der Waals surface area (Å²) >= 11 is 5.97. The monoisotopic (exact) mass is 257 g/mol. The fraction of sp³-hybridized carbons (Fsp3) is 0.636. The zero-order valence-electron chi connectivity index (χ0n) is 9.78. The molecule has 0 aromatic carbocycles. The van der Waals surface area contributed by atoms with Crippen LogP contribution in [0.3, 0.4) is 0 Å². The summed E-state index contributed by atoms with van der Waals surface area (Å²) in [7, 11) is 1.76. The molecule has 0 amide bonds. The number of nitrogens with zero attached hydrogens (tertiary/aromatic N) is 2. The Kier molecular flexibility index (Phi) is 4.39. The number of rotatable bonds is 4. The highest BCUT2D eigenvalue weighted by Crippen LogP contribution is 2.23. The molecule has 0 radical (unpaired) electrons. The van der Waals surface area contributed by atoms with E-state index >= 15 is 0 Å². The molecule has 1 saturated heterocycles. The normalized spacial score (nSPS) is 16.8. The minimum absolute atomic E-state index is 0.441. The van der Waals surface area contributed by atoms with Gasteiger partial charge in [0.25, 0.3) is 0 Å². The molecule has 0 atom stereocenters. The van der Waals surface area contributed by atoms with E-state index in [-0.39, 0.29) is 0 Å². The predicted octanol–water partition coefficient (Wildman–Crippen LogP) is 1.98. The van der Waals surface area contributed by atoms with Crippen LogP contribution in [-0.4, -0.2) is 36.8 Å². The van der Waals surface area contributed by atoms with Gasteiger partial charge in [-0.2, -0.15) is 4.98 Å². The van der Waals surface area contributed by atoms with Crippen LogP contribution in [0.2, 0.25) is 5.02 Å². The van der Waals surface area contributed by atoms with E-state index in [2.05, 4.69) is 15.3 Å². The van der Waals surface area contributed by atoms with Crippen LogP contribution in [0.5, 0.6) is 5.88 Å². The van der Waals surface area contributed by atoms with Crippen LogP contribution in [0.4, 0.5) is 5.95 Å². The maximum Gasteiger partial charge on any atom is 0.237 e. The highest BCUT2D eigenvalue weighted by molar-refractivity contribution is 6.31.